The van der Waals surface area contributed by atoms with Crippen molar-refractivity contribution in [2.45, 2.75) is 19.1 Å². The van der Waals surface area contributed by atoms with Crippen LogP contribution < -0.4 is 16.8 Å². The Kier molecular flexibility index (Phi) is 9.41. The van der Waals surface area contributed by atoms with E-state index in [0.29, 0.717) is 22.3 Å². The van der Waals surface area contributed by atoms with Gasteiger partial charge in [-0.15, -0.1) is 0 Å². The van der Waals surface area contributed by atoms with Crippen LogP contribution in [-0.4, -0.2) is 85.1 Å². The second-order valence-corrected chi connectivity index (χ2v) is 11.2. The molecule has 0 radical (unpaired) electrons. The standard InChI is InChI=1S/C34H23N11O9/c1-2-52-33(51)34(11-22(47)48,54-45-26-18-10-6-4-8-16(18)24-30(26)40-20(13-36)28(42-24)32(38)50)43-21(46)14-53-44-25-17-9-5-3-7-15(17)23-29(25)39-19(12-35)27(41-23)31(37)49/h3-10H,2,11,14H2,1H3,(H2,37,49)(H2,38,50)(H,43,46)(H,47,48). The Labute approximate surface area is 302 Å². The molecular weight excluding hydrogens is 706 g/mol. The number of oxime groups is 2. The van der Waals surface area contributed by atoms with Gasteiger partial charge in [-0.25, -0.2) is 24.7 Å². The Morgan fingerprint density at radius 2 is 1.26 bits per heavy atom. The van der Waals surface area contributed by atoms with Gasteiger partial charge in [0.1, 0.15) is 52.8 Å². The van der Waals surface area contributed by atoms with Crippen molar-refractivity contribution in [1.29, 1.82) is 10.5 Å². The van der Waals surface area contributed by atoms with E-state index in [0.717, 1.165) is 0 Å². The highest BCUT2D eigenvalue weighted by molar-refractivity contribution is 6.23. The molecule has 0 saturated heterocycles. The molecule has 20 heteroatoms. The molecule has 0 saturated carbocycles. The molecule has 1 unspecified atom stereocenters. The maximum Gasteiger partial charge on any atom is 0.375 e. The van der Waals surface area contributed by atoms with Gasteiger partial charge in [0, 0.05) is 22.3 Å². The van der Waals surface area contributed by atoms with E-state index in [2.05, 4.69) is 35.6 Å². The third kappa shape index (κ3) is 6.33. The monoisotopic (exact) mass is 729 g/mol. The highest BCUT2D eigenvalue weighted by atomic mass is 16.7. The number of nitriles is 2. The maximum atomic E-state index is 13.4. The zero-order valence-electron chi connectivity index (χ0n) is 27.7. The quantitative estimate of drug-likeness (QED) is 0.0745. The van der Waals surface area contributed by atoms with Crippen LogP contribution in [0.15, 0.2) is 58.8 Å². The molecule has 6 rings (SSSR count). The number of nitrogens with zero attached hydrogens (tertiary/aromatic N) is 8. The molecule has 2 aliphatic carbocycles. The first-order chi connectivity index (χ1) is 25.9. The van der Waals surface area contributed by atoms with Gasteiger partial charge in [0.25, 0.3) is 17.7 Å². The minimum absolute atomic E-state index is 0.0363. The SMILES string of the molecule is CCOC(=O)C(CC(=O)O)(NC(=O)CON=C1c2ccccc2-c2nc(C(N)=O)c(C#N)nc21)ON=C1c2ccccc2-c2nc(C(N)=O)c(C#N)nc21. The number of rotatable bonds is 12. The fourth-order valence-electron chi connectivity index (χ4n) is 5.57. The molecule has 2 aliphatic rings. The zero-order chi connectivity index (χ0) is 38.7. The van der Waals surface area contributed by atoms with Crippen molar-refractivity contribution in [3.63, 3.8) is 0 Å². The average molecular weight is 730 g/mol. The smallest absolute Gasteiger partial charge is 0.375 e. The summed E-state index contributed by atoms with van der Waals surface area (Å²) in [5.74, 6) is -6.08. The van der Waals surface area contributed by atoms with Gasteiger partial charge in [-0.1, -0.05) is 58.8 Å². The number of ether oxygens (including phenoxy) is 1. The fourth-order valence-corrected chi connectivity index (χ4v) is 5.57. The number of carbonyl (C=O) groups excluding carboxylic acids is 4. The average Bonchev–Trinajstić information content (AvgIpc) is 3.63. The zero-order valence-corrected chi connectivity index (χ0v) is 27.7. The van der Waals surface area contributed by atoms with Crippen LogP contribution in [0.25, 0.3) is 22.5 Å². The lowest BCUT2D eigenvalue weighted by atomic mass is 10.1. The number of aromatic nitrogens is 4. The van der Waals surface area contributed by atoms with E-state index in [1.165, 1.54) is 6.92 Å². The molecule has 54 heavy (non-hydrogen) atoms. The fraction of sp³-hybridized carbons (Fsp3) is 0.147. The number of aliphatic carboxylic acids is 1. The Hall–Kier alpha value is -8.13. The highest BCUT2D eigenvalue weighted by Crippen LogP contribution is 2.37. The minimum Gasteiger partial charge on any atom is -0.481 e. The molecule has 20 nitrogen and oxygen atoms in total. The third-order valence-electron chi connectivity index (χ3n) is 7.78. The Morgan fingerprint density at radius 3 is 1.70 bits per heavy atom. The van der Waals surface area contributed by atoms with Crippen LogP contribution in [0.1, 0.15) is 68.2 Å². The molecule has 4 aromatic rings. The third-order valence-corrected chi connectivity index (χ3v) is 7.78. The summed E-state index contributed by atoms with van der Waals surface area (Å²) in [6, 6.07) is 16.5. The van der Waals surface area contributed by atoms with Gasteiger partial charge in [0.2, 0.25) is 0 Å². The van der Waals surface area contributed by atoms with Crippen LogP contribution in [0.3, 0.4) is 0 Å². The summed E-state index contributed by atoms with van der Waals surface area (Å²) in [6.07, 6.45) is -1.21. The summed E-state index contributed by atoms with van der Waals surface area (Å²) in [7, 11) is 0. The van der Waals surface area contributed by atoms with E-state index in [4.69, 9.17) is 25.9 Å². The van der Waals surface area contributed by atoms with Gasteiger partial charge < -0.3 is 36.3 Å². The Bertz CT molecular complexity index is 2470. The highest BCUT2D eigenvalue weighted by Gasteiger charge is 2.48. The molecular formula is C34H23N11O9. The summed E-state index contributed by atoms with van der Waals surface area (Å²) in [4.78, 5) is 90.5. The first-order valence-corrected chi connectivity index (χ1v) is 15.5. The van der Waals surface area contributed by atoms with Crippen LogP contribution in [0.2, 0.25) is 0 Å². The lowest BCUT2D eigenvalue weighted by Gasteiger charge is -2.28. The summed E-state index contributed by atoms with van der Waals surface area (Å²) in [5.41, 5.74) is 8.14. The molecule has 3 amide bonds. The number of benzene rings is 2. The molecule has 0 fully saturated rings. The number of esters is 1. The largest absolute Gasteiger partial charge is 0.481 e. The first-order valence-electron chi connectivity index (χ1n) is 15.5. The number of carboxylic acid groups (broad SMARTS) is 1. The van der Waals surface area contributed by atoms with Crippen LogP contribution in [0.5, 0.6) is 0 Å². The van der Waals surface area contributed by atoms with Crippen molar-refractivity contribution in [3.8, 4) is 34.7 Å². The Morgan fingerprint density at radius 1 is 0.778 bits per heavy atom. The van der Waals surface area contributed by atoms with E-state index in [1.807, 2.05) is 0 Å². The topological polar surface area (TPSA) is 321 Å². The van der Waals surface area contributed by atoms with Crippen molar-refractivity contribution in [3.05, 3.63) is 93.8 Å². The van der Waals surface area contributed by atoms with E-state index in [-0.39, 0.29) is 52.2 Å². The Balaban J connectivity index is 1.34. The molecule has 2 aromatic carbocycles. The normalized spacial score (nSPS) is 14.3. The minimum atomic E-state index is -2.80. The molecule has 1 atom stereocenters. The predicted octanol–water partition coefficient (Wildman–Crippen LogP) is 0.257. The number of carboxylic acids is 1. The molecule has 0 bridgehead atoms. The number of primary amides is 2. The van der Waals surface area contributed by atoms with Crippen LogP contribution in [0.4, 0.5) is 0 Å². The number of nitrogens with two attached hydrogens (primary N) is 2. The number of carbonyl (C=O) groups is 5. The van der Waals surface area contributed by atoms with E-state index < -0.39 is 59.8 Å². The second kappa shape index (κ2) is 14.2. The maximum absolute atomic E-state index is 13.4. The van der Waals surface area contributed by atoms with E-state index in [1.54, 1.807) is 60.7 Å². The van der Waals surface area contributed by atoms with E-state index in [9.17, 15) is 39.6 Å². The predicted molar refractivity (Wildman–Crippen MR) is 179 cm³/mol. The van der Waals surface area contributed by atoms with Gasteiger partial charge in [-0.2, -0.15) is 10.5 Å². The van der Waals surface area contributed by atoms with Crippen LogP contribution >= 0.6 is 0 Å². The summed E-state index contributed by atoms with van der Waals surface area (Å²) < 4.78 is 5.08. The van der Waals surface area contributed by atoms with Crippen molar-refractivity contribution in [1.82, 2.24) is 25.3 Å². The number of hydrogen-bond donors (Lipinski definition) is 4. The second-order valence-electron chi connectivity index (χ2n) is 11.2. The van der Waals surface area contributed by atoms with Crippen LogP contribution in [0, 0.1) is 22.7 Å². The lowest BCUT2D eigenvalue weighted by Crippen LogP contribution is -2.58. The molecule has 268 valence electrons. The summed E-state index contributed by atoms with van der Waals surface area (Å²) in [5, 5.41) is 39.2. The number of fused-ring (bicyclic) bond motifs is 6. The lowest BCUT2D eigenvalue weighted by molar-refractivity contribution is -0.186. The number of amides is 3. The molecule has 0 spiro atoms. The molecule has 2 aromatic heterocycles. The first kappa shape index (κ1) is 35.7. The summed E-state index contributed by atoms with van der Waals surface area (Å²) >= 11 is 0. The number of hydrogen-bond acceptors (Lipinski definition) is 16. The molecule has 2 heterocycles. The van der Waals surface area contributed by atoms with Crippen LogP contribution in [-0.2, 0) is 28.8 Å². The van der Waals surface area contributed by atoms with Crippen molar-refractivity contribution < 1.29 is 43.5 Å². The van der Waals surface area contributed by atoms with Crippen molar-refractivity contribution in [2.75, 3.05) is 13.2 Å². The van der Waals surface area contributed by atoms with Gasteiger partial charge in [-0.05, 0) is 6.92 Å². The molecule has 0 aliphatic heterocycles. The van der Waals surface area contributed by atoms with Gasteiger partial charge in [-0.3, -0.25) is 19.2 Å². The molecule has 6 N–H and O–H groups in total. The van der Waals surface area contributed by atoms with E-state index >= 15 is 0 Å². The van der Waals surface area contributed by atoms with Gasteiger partial charge >= 0.3 is 17.7 Å². The summed E-state index contributed by atoms with van der Waals surface area (Å²) in [6.45, 7) is 0.234. The van der Waals surface area contributed by atoms with Crippen molar-refractivity contribution in [2.24, 2.45) is 21.8 Å². The van der Waals surface area contributed by atoms with Gasteiger partial charge in [0.15, 0.2) is 29.4 Å². The van der Waals surface area contributed by atoms with Gasteiger partial charge in [0.05, 0.1) is 6.61 Å². The van der Waals surface area contributed by atoms with Crippen molar-refractivity contribution >= 4 is 41.1 Å². The number of nitrogens with one attached hydrogen (secondary N) is 1.